The Kier molecular flexibility index (Phi) is 5.60. The van der Waals surface area contributed by atoms with Crippen molar-refractivity contribution in [2.75, 3.05) is 48.4 Å². The maximum absolute atomic E-state index is 11.9. The quantitative estimate of drug-likeness (QED) is 0.491. The van der Waals surface area contributed by atoms with Crippen LogP contribution in [-0.4, -0.2) is 48.2 Å². The number of ether oxygens (including phenoxy) is 1. The molecule has 3 aromatic rings. The number of nitro groups is 1. The lowest BCUT2D eigenvalue weighted by molar-refractivity contribution is -0.383. The predicted molar refractivity (Wildman–Crippen MR) is 116 cm³/mol. The van der Waals surface area contributed by atoms with E-state index in [2.05, 4.69) is 32.3 Å². The Morgan fingerprint density at radius 2 is 1.63 bits per heavy atom. The molecule has 0 amide bonds. The van der Waals surface area contributed by atoms with Crippen LogP contribution in [0, 0.1) is 10.1 Å². The third-order valence-electron chi connectivity index (χ3n) is 5.04. The zero-order valence-corrected chi connectivity index (χ0v) is 16.6. The van der Waals surface area contributed by atoms with Gasteiger partial charge in [0, 0.05) is 37.6 Å². The van der Waals surface area contributed by atoms with E-state index in [1.165, 1.54) is 6.33 Å². The molecule has 154 valence electrons. The van der Waals surface area contributed by atoms with E-state index < -0.39 is 4.92 Å². The fourth-order valence-corrected chi connectivity index (χ4v) is 3.49. The first-order chi connectivity index (χ1) is 14.7. The van der Waals surface area contributed by atoms with Crippen LogP contribution in [-0.2, 0) is 0 Å². The largest absolute Gasteiger partial charge is 0.497 e. The molecule has 0 unspecified atom stereocenters. The molecule has 1 fully saturated rings. The molecule has 1 aliphatic heterocycles. The van der Waals surface area contributed by atoms with Crippen molar-refractivity contribution in [1.82, 2.24) is 9.97 Å². The van der Waals surface area contributed by atoms with Gasteiger partial charge in [-0.05, 0) is 36.4 Å². The minimum Gasteiger partial charge on any atom is -0.497 e. The number of methoxy groups -OCH3 is 1. The molecule has 0 aliphatic carbocycles. The van der Waals surface area contributed by atoms with Crippen molar-refractivity contribution in [2.45, 2.75) is 0 Å². The van der Waals surface area contributed by atoms with Gasteiger partial charge in [-0.25, -0.2) is 9.97 Å². The maximum Gasteiger partial charge on any atom is 0.353 e. The number of benzene rings is 2. The first kappa shape index (κ1) is 19.4. The van der Waals surface area contributed by atoms with Gasteiger partial charge < -0.3 is 19.9 Å². The third kappa shape index (κ3) is 4.09. The lowest BCUT2D eigenvalue weighted by atomic mass is 10.2. The van der Waals surface area contributed by atoms with Gasteiger partial charge in [-0.1, -0.05) is 18.2 Å². The van der Waals surface area contributed by atoms with Crippen LogP contribution < -0.4 is 19.9 Å². The van der Waals surface area contributed by atoms with E-state index in [0.29, 0.717) is 30.3 Å². The smallest absolute Gasteiger partial charge is 0.353 e. The monoisotopic (exact) mass is 406 g/mol. The molecule has 1 saturated heterocycles. The van der Waals surface area contributed by atoms with Crippen LogP contribution in [0.4, 0.5) is 28.7 Å². The minimum absolute atomic E-state index is 0.124. The van der Waals surface area contributed by atoms with E-state index in [0.717, 1.165) is 18.8 Å². The van der Waals surface area contributed by atoms with Crippen molar-refractivity contribution >= 4 is 28.7 Å². The highest BCUT2D eigenvalue weighted by atomic mass is 16.6. The first-order valence-electron chi connectivity index (χ1n) is 9.61. The number of piperazine rings is 1. The molecule has 0 spiro atoms. The fourth-order valence-electron chi connectivity index (χ4n) is 3.49. The van der Waals surface area contributed by atoms with Crippen LogP contribution in [0.25, 0.3) is 0 Å². The summed E-state index contributed by atoms with van der Waals surface area (Å²) in [6.07, 6.45) is 1.36. The summed E-state index contributed by atoms with van der Waals surface area (Å²) >= 11 is 0. The average molecular weight is 406 g/mol. The summed E-state index contributed by atoms with van der Waals surface area (Å²) in [6.45, 7) is 2.78. The SMILES string of the molecule is COc1ccc(Nc2ncnc(N3CCN(c4ccccc4)CC3)c2[N+](=O)[O-])cc1. The molecule has 9 heteroatoms. The van der Waals surface area contributed by atoms with Crippen LogP contribution in [0.15, 0.2) is 60.9 Å². The molecule has 4 rings (SSSR count). The molecular weight excluding hydrogens is 384 g/mol. The zero-order valence-electron chi connectivity index (χ0n) is 16.6. The van der Waals surface area contributed by atoms with Crippen molar-refractivity contribution in [1.29, 1.82) is 0 Å². The summed E-state index contributed by atoms with van der Waals surface area (Å²) in [5.41, 5.74) is 1.70. The van der Waals surface area contributed by atoms with Gasteiger partial charge in [0.1, 0.15) is 12.1 Å². The molecule has 1 N–H and O–H groups in total. The van der Waals surface area contributed by atoms with E-state index in [1.807, 2.05) is 23.1 Å². The molecule has 1 aromatic heterocycles. The Balaban J connectivity index is 1.55. The Bertz CT molecular complexity index is 1010. The second-order valence-corrected chi connectivity index (χ2v) is 6.81. The van der Waals surface area contributed by atoms with E-state index >= 15 is 0 Å². The molecular formula is C21H22N6O3. The highest BCUT2D eigenvalue weighted by Gasteiger charge is 2.29. The lowest BCUT2D eigenvalue weighted by Crippen LogP contribution is -2.47. The van der Waals surface area contributed by atoms with Gasteiger partial charge in [0.25, 0.3) is 0 Å². The van der Waals surface area contributed by atoms with Crippen molar-refractivity contribution in [3.8, 4) is 5.75 Å². The van der Waals surface area contributed by atoms with Crippen molar-refractivity contribution in [2.24, 2.45) is 0 Å². The van der Waals surface area contributed by atoms with E-state index in [4.69, 9.17) is 4.74 Å². The van der Waals surface area contributed by atoms with Crippen LogP contribution >= 0.6 is 0 Å². The van der Waals surface area contributed by atoms with Gasteiger partial charge in [0.2, 0.25) is 11.6 Å². The number of nitrogens with one attached hydrogen (secondary N) is 1. The Morgan fingerprint density at radius 1 is 0.967 bits per heavy atom. The number of rotatable bonds is 6. The highest BCUT2D eigenvalue weighted by molar-refractivity contribution is 5.74. The summed E-state index contributed by atoms with van der Waals surface area (Å²) in [6, 6.07) is 17.3. The molecule has 0 saturated carbocycles. The molecule has 30 heavy (non-hydrogen) atoms. The summed E-state index contributed by atoms with van der Waals surface area (Å²) in [5, 5.41) is 14.9. The Hall–Kier alpha value is -3.88. The van der Waals surface area contributed by atoms with Crippen LogP contribution in [0.5, 0.6) is 5.75 Å². The van der Waals surface area contributed by atoms with Crippen molar-refractivity contribution in [3.05, 3.63) is 71.0 Å². The average Bonchev–Trinajstić information content (AvgIpc) is 2.80. The van der Waals surface area contributed by atoms with Gasteiger partial charge in [0.15, 0.2) is 0 Å². The molecule has 1 aliphatic rings. The van der Waals surface area contributed by atoms with Gasteiger partial charge in [0.05, 0.1) is 12.0 Å². The van der Waals surface area contributed by atoms with Crippen molar-refractivity contribution < 1.29 is 9.66 Å². The minimum atomic E-state index is -0.426. The second kappa shape index (κ2) is 8.64. The Morgan fingerprint density at radius 3 is 2.27 bits per heavy atom. The Labute approximate surface area is 174 Å². The van der Waals surface area contributed by atoms with E-state index in [9.17, 15) is 10.1 Å². The number of hydrogen-bond acceptors (Lipinski definition) is 8. The molecule has 0 bridgehead atoms. The molecule has 2 aromatic carbocycles. The van der Waals surface area contributed by atoms with Crippen molar-refractivity contribution in [3.63, 3.8) is 0 Å². The molecule has 0 radical (unpaired) electrons. The van der Waals surface area contributed by atoms with Gasteiger partial charge in [-0.2, -0.15) is 0 Å². The first-order valence-corrected chi connectivity index (χ1v) is 9.61. The van der Waals surface area contributed by atoms with Gasteiger partial charge >= 0.3 is 5.69 Å². The fraction of sp³-hybridized carbons (Fsp3) is 0.238. The lowest BCUT2D eigenvalue weighted by Gasteiger charge is -2.36. The predicted octanol–water partition coefficient (Wildman–Crippen LogP) is 3.46. The van der Waals surface area contributed by atoms with Gasteiger partial charge in [-0.3, -0.25) is 10.1 Å². The van der Waals surface area contributed by atoms with Crippen LogP contribution in [0.1, 0.15) is 0 Å². The highest BCUT2D eigenvalue weighted by Crippen LogP contribution is 2.34. The third-order valence-corrected chi connectivity index (χ3v) is 5.04. The molecule has 2 heterocycles. The number of anilines is 4. The van der Waals surface area contributed by atoms with E-state index in [-0.39, 0.29) is 11.5 Å². The van der Waals surface area contributed by atoms with Crippen LogP contribution in [0.3, 0.4) is 0 Å². The van der Waals surface area contributed by atoms with E-state index in [1.54, 1.807) is 31.4 Å². The normalized spacial score (nSPS) is 13.8. The number of para-hydroxylation sites is 1. The summed E-state index contributed by atoms with van der Waals surface area (Å²) < 4.78 is 5.15. The topological polar surface area (TPSA) is 96.7 Å². The number of hydrogen-bond donors (Lipinski definition) is 1. The van der Waals surface area contributed by atoms with Gasteiger partial charge in [-0.15, -0.1) is 0 Å². The maximum atomic E-state index is 11.9. The summed E-state index contributed by atoms with van der Waals surface area (Å²) in [4.78, 5) is 24.0. The molecule has 9 nitrogen and oxygen atoms in total. The second-order valence-electron chi connectivity index (χ2n) is 6.81. The standard InChI is InChI=1S/C21H22N6O3/c1-30-18-9-7-16(8-10-18)24-20-19(27(28)29)21(23-15-22-20)26-13-11-25(12-14-26)17-5-3-2-4-6-17/h2-10,15H,11-14H2,1H3,(H,22,23,24). The summed E-state index contributed by atoms with van der Waals surface area (Å²) in [5.74, 6) is 1.20. The number of aromatic nitrogens is 2. The molecule has 0 atom stereocenters. The summed E-state index contributed by atoms with van der Waals surface area (Å²) in [7, 11) is 1.58. The van der Waals surface area contributed by atoms with Crippen LogP contribution in [0.2, 0.25) is 0 Å². The number of nitrogens with zero attached hydrogens (tertiary/aromatic N) is 5. The zero-order chi connectivity index (χ0) is 20.9.